The van der Waals surface area contributed by atoms with E-state index in [0.29, 0.717) is 12.5 Å². The minimum absolute atomic E-state index is 0.143. The van der Waals surface area contributed by atoms with Crippen molar-refractivity contribution in [1.29, 1.82) is 0 Å². The lowest BCUT2D eigenvalue weighted by atomic mass is 10.1. The van der Waals surface area contributed by atoms with E-state index >= 15 is 0 Å². The fraction of sp³-hybridized carbons (Fsp3) is 0.538. The fourth-order valence-corrected chi connectivity index (χ4v) is 2.48. The van der Waals surface area contributed by atoms with Crippen LogP contribution in [0.1, 0.15) is 18.9 Å². The van der Waals surface area contributed by atoms with Crippen LogP contribution in [0.2, 0.25) is 0 Å². The number of hydrogen-bond acceptors (Lipinski definition) is 2. The van der Waals surface area contributed by atoms with Crippen molar-refractivity contribution in [2.75, 3.05) is 13.2 Å². The Morgan fingerprint density at radius 3 is 3.06 bits per heavy atom. The maximum Gasteiger partial charge on any atom is 0.127 e. The molecule has 1 aromatic rings. The van der Waals surface area contributed by atoms with E-state index in [9.17, 15) is 4.39 Å². The van der Waals surface area contributed by atoms with E-state index in [1.165, 1.54) is 6.07 Å². The number of nitrogens with one attached hydrogen (secondary N) is 1. The van der Waals surface area contributed by atoms with E-state index in [4.69, 9.17) is 4.74 Å². The number of rotatable bonds is 4. The largest absolute Gasteiger partial charge is 0.380 e. The van der Waals surface area contributed by atoms with Crippen LogP contribution in [0.5, 0.6) is 0 Å². The van der Waals surface area contributed by atoms with Crippen LogP contribution in [-0.2, 0) is 11.2 Å². The number of halogens is 2. The van der Waals surface area contributed by atoms with Crippen LogP contribution < -0.4 is 5.32 Å². The van der Waals surface area contributed by atoms with Gasteiger partial charge in [-0.25, -0.2) is 4.39 Å². The quantitative estimate of drug-likeness (QED) is 0.923. The molecule has 0 radical (unpaired) electrons. The maximum atomic E-state index is 13.6. The zero-order chi connectivity index (χ0) is 12.3. The molecular formula is C13H17BrFNO. The smallest absolute Gasteiger partial charge is 0.127 e. The minimum atomic E-state index is -0.143. The molecule has 94 valence electrons. The molecule has 1 N–H and O–H groups in total. The van der Waals surface area contributed by atoms with Gasteiger partial charge in [-0.3, -0.25) is 0 Å². The highest BCUT2D eigenvalue weighted by atomic mass is 79.9. The third-order valence-corrected chi connectivity index (χ3v) is 3.48. The van der Waals surface area contributed by atoms with Gasteiger partial charge < -0.3 is 10.1 Å². The third-order valence-electron chi connectivity index (χ3n) is 2.99. The molecule has 0 bridgehead atoms. The molecule has 1 aliphatic rings. The zero-order valence-electron chi connectivity index (χ0n) is 9.88. The van der Waals surface area contributed by atoms with Crippen molar-refractivity contribution < 1.29 is 9.13 Å². The van der Waals surface area contributed by atoms with E-state index in [-0.39, 0.29) is 11.9 Å². The van der Waals surface area contributed by atoms with Crippen molar-refractivity contribution in [3.05, 3.63) is 34.1 Å². The SMILES string of the molecule is C[C@H](Cc1ccc(Br)cc1F)N[C@H]1CCOC1. The molecule has 1 aromatic carbocycles. The number of ether oxygens (including phenoxy) is 1. The number of hydrogen-bond donors (Lipinski definition) is 1. The lowest BCUT2D eigenvalue weighted by molar-refractivity contribution is 0.188. The van der Waals surface area contributed by atoms with Crippen LogP contribution >= 0.6 is 15.9 Å². The van der Waals surface area contributed by atoms with E-state index in [0.717, 1.165) is 29.7 Å². The Bertz CT molecular complexity index is 380. The summed E-state index contributed by atoms with van der Waals surface area (Å²) in [6.45, 7) is 3.68. The molecule has 0 unspecified atom stereocenters. The van der Waals surface area contributed by atoms with Gasteiger partial charge in [-0.15, -0.1) is 0 Å². The molecule has 17 heavy (non-hydrogen) atoms. The second-order valence-electron chi connectivity index (χ2n) is 4.57. The highest BCUT2D eigenvalue weighted by Gasteiger charge is 2.18. The molecule has 1 fully saturated rings. The standard InChI is InChI=1S/C13H17BrFNO/c1-9(16-12-4-5-17-8-12)6-10-2-3-11(14)7-13(10)15/h2-3,7,9,12,16H,4-6,8H2,1H3/t9-,12+/m1/s1. The van der Waals surface area contributed by atoms with Gasteiger partial charge in [0.2, 0.25) is 0 Å². The molecule has 0 saturated carbocycles. The summed E-state index contributed by atoms with van der Waals surface area (Å²) < 4.78 is 19.7. The van der Waals surface area contributed by atoms with Gasteiger partial charge in [0.15, 0.2) is 0 Å². The Labute approximate surface area is 110 Å². The first-order valence-corrected chi connectivity index (χ1v) is 6.72. The van der Waals surface area contributed by atoms with Gasteiger partial charge in [0.1, 0.15) is 5.82 Å². The van der Waals surface area contributed by atoms with Crippen LogP contribution in [0.4, 0.5) is 4.39 Å². The highest BCUT2D eigenvalue weighted by molar-refractivity contribution is 9.10. The van der Waals surface area contributed by atoms with Crippen molar-refractivity contribution in [3.63, 3.8) is 0 Å². The summed E-state index contributed by atoms with van der Waals surface area (Å²) in [4.78, 5) is 0. The van der Waals surface area contributed by atoms with E-state index in [1.54, 1.807) is 0 Å². The predicted molar refractivity (Wildman–Crippen MR) is 69.6 cm³/mol. The molecule has 1 heterocycles. The summed E-state index contributed by atoms with van der Waals surface area (Å²) in [7, 11) is 0. The number of benzene rings is 1. The second kappa shape index (κ2) is 5.94. The van der Waals surface area contributed by atoms with Crippen LogP contribution in [0.25, 0.3) is 0 Å². The van der Waals surface area contributed by atoms with Crippen LogP contribution in [0.15, 0.2) is 22.7 Å². The summed E-state index contributed by atoms with van der Waals surface area (Å²) in [5.74, 6) is -0.143. The predicted octanol–water partition coefficient (Wildman–Crippen LogP) is 2.90. The molecule has 2 atom stereocenters. The van der Waals surface area contributed by atoms with Gasteiger partial charge in [-0.1, -0.05) is 22.0 Å². The molecule has 4 heteroatoms. The lowest BCUT2D eigenvalue weighted by Crippen LogP contribution is -2.38. The van der Waals surface area contributed by atoms with Crippen LogP contribution in [0.3, 0.4) is 0 Å². The second-order valence-corrected chi connectivity index (χ2v) is 5.48. The lowest BCUT2D eigenvalue weighted by Gasteiger charge is -2.18. The van der Waals surface area contributed by atoms with E-state index < -0.39 is 0 Å². The van der Waals surface area contributed by atoms with Gasteiger partial charge >= 0.3 is 0 Å². The maximum absolute atomic E-state index is 13.6. The zero-order valence-corrected chi connectivity index (χ0v) is 11.5. The Kier molecular flexibility index (Phi) is 4.54. The van der Waals surface area contributed by atoms with E-state index in [1.807, 2.05) is 12.1 Å². The highest BCUT2D eigenvalue weighted by Crippen LogP contribution is 2.17. The van der Waals surface area contributed by atoms with Crippen molar-refractivity contribution in [3.8, 4) is 0 Å². The topological polar surface area (TPSA) is 21.3 Å². The normalized spacial score (nSPS) is 21.7. The molecule has 2 nitrogen and oxygen atoms in total. The van der Waals surface area contributed by atoms with Crippen molar-refractivity contribution in [1.82, 2.24) is 5.32 Å². The summed E-state index contributed by atoms with van der Waals surface area (Å²) in [6, 6.07) is 5.91. The van der Waals surface area contributed by atoms with Gasteiger partial charge in [-0.05, 0) is 37.5 Å². The molecule has 1 saturated heterocycles. The summed E-state index contributed by atoms with van der Waals surface area (Å²) in [5.41, 5.74) is 0.757. The van der Waals surface area contributed by atoms with E-state index in [2.05, 4.69) is 28.2 Å². The Balaban J connectivity index is 1.90. The van der Waals surface area contributed by atoms with Crippen molar-refractivity contribution >= 4 is 15.9 Å². The first-order valence-electron chi connectivity index (χ1n) is 5.93. The third kappa shape index (κ3) is 3.76. The average molecular weight is 302 g/mol. The molecule has 0 spiro atoms. The monoisotopic (exact) mass is 301 g/mol. The summed E-state index contributed by atoms with van der Waals surface area (Å²) in [5, 5.41) is 3.47. The van der Waals surface area contributed by atoms with Crippen LogP contribution in [-0.4, -0.2) is 25.3 Å². The molecule has 0 aromatic heterocycles. The van der Waals surface area contributed by atoms with Gasteiger partial charge in [0.25, 0.3) is 0 Å². The van der Waals surface area contributed by atoms with Gasteiger partial charge in [0.05, 0.1) is 6.61 Å². The molecule has 0 aliphatic carbocycles. The molecule has 0 amide bonds. The van der Waals surface area contributed by atoms with Crippen LogP contribution in [0, 0.1) is 5.82 Å². The molecule has 2 rings (SSSR count). The van der Waals surface area contributed by atoms with Gasteiger partial charge in [-0.2, -0.15) is 0 Å². The fourth-order valence-electron chi connectivity index (χ4n) is 2.14. The van der Waals surface area contributed by atoms with Gasteiger partial charge in [0, 0.05) is 23.2 Å². The summed E-state index contributed by atoms with van der Waals surface area (Å²) >= 11 is 3.26. The van der Waals surface area contributed by atoms with Crippen molar-refractivity contribution in [2.24, 2.45) is 0 Å². The molecule has 1 aliphatic heterocycles. The molecular weight excluding hydrogens is 285 g/mol. The first kappa shape index (κ1) is 13.0. The van der Waals surface area contributed by atoms with Crippen molar-refractivity contribution in [2.45, 2.75) is 31.8 Å². The first-order chi connectivity index (χ1) is 8.15. The summed E-state index contributed by atoms with van der Waals surface area (Å²) in [6.07, 6.45) is 1.75. The minimum Gasteiger partial charge on any atom is -0.380 e. The Morgan fingerprint density at radius 2 is 2.41 bits per heavy atom. The Morgan fingerprint density at radius 1 is 1.59 bits per heavy atom. The average Bonchev–Trinajstić information content (AvgIpc) is 2.75. The Hall–Kier alpha value is -0.450.